The number of nitrogens with zero attached hydrogens (tertiary/aromatic N) is 4. The number of piperidine rings is 1. The summed E-state index contributed by atoms with van der Waals surface area (Å²) in [5.41, 5.74) is 3.96. The number of carboxylic acid groups (broad SMARTS) is 1. The van der Waals surface area contributed by atoms with Gasteiger partial charge in [0.1, 0.15) is 36.4 Å². The molecule has 1 aliphatic heterocycles. The summed E-state index contributed by atoms with van der Waals surface area (Å²) in [7, 11) is 0. The monoisotopic (exact) mass is 601 g/mol. The lowest BCUT2D eigenvalue weighted by atomic mass is 9.93. The maximum atomic E-state index is 12.2. The third-order valence-electron chi connectivity index (χ3n) is 7.37. The zero-order valence-corrected chi connectivity index (χ0v) is 24.7. The maximum absolute atomic E-state index is 12.2. The number of carbonyl (C=O) groups excluding carboxylic acids is 1. The van der Waals surface area contributed by atoms with Gasteiger partial charge in [-0.15, -0.1) is 0 Å². The van der Waals surface area contributed by atoms with Crippen molar-refractivity contribution in [3.63, 3.8) is 0 Å². The number of hydrogen-bond acceptors (Lipinski definition) is 10. The number of ether oxygens (including phenoxy) is 1. The molecule has 0 spiro atoms. The second-order valence-electron chi connectivity index (χ2n) is 10.3. The summed E-state index contributed by atoms with van der Waals surface area (Å²) in [5, 5.41) is 22.8. The molecule has 1 saturated heterocycles. The van der Waals surface area contributed by atoms with Gasteiger partial charge >= 0.3 is 12.1 Å². The highest BCUT2D eigenvalue weighted by atomic mass is 32.1. The molecule has 0 unspecified atom stereocenters. The van der Waals surface area contributed by atoms with E-state index in [1.165, 1.54) is 11.9 Å². The summed E-state index contributed by atoms with van der Waals surface area (Å²) in [6.45, 7) is 4.25. The zero-order valence-electron chi connectivity index (χ0n) is 23.9. The molecule has 0 saturated carbocycles. The first-order valence-corrected chi connectivity index (χ1v) is 15.1. The molecule has 1 aromatic carbocycles. The predicted octanol–water partition coefficient (Wildman–Crippen LogP) is 5.03. The van der Waals surface area contributed by atoms with Crippen molar-refractivity contribution in [1.82, 2.24) is 20.3 Å². The number of rotatable bonds is 12. The molecule has 12 heteroatoms. The molecule has 4 aromatic rings. The molecule has 4 N–H and O–H groups in total. The lowest BCUT2D eigenvalue weighted by Gasteiger charge is -2.33. The number of pyridine rings is 1. The van der Waals surface area contributed by atoms with E-state index in [1.54, 1.807) is 11.3 Å². The van der Waals surface area contributed by atoms with Crippen LogP contribution in [-0.4, -0.2) is 57.8 Å². The Bertz CT molecular complexity index is 1500. The Morgan fingerprint density at radius 2 is 1.86 bits per heavy atom. The Morgan fingerprint density at radius 1 is 1.05 bits per heavy atom. The summed E-state index contributed by atoms with van der Waals surface area (Å²) in [6.07, 6.45) is 2.53. The Kier molecular flexibility index (Phi) is 10.0. The molecule has 0 radical (unpaired) electrons. The number of aromatic nitrogens is 3. The van der Waals surface area contributed by atoms with Crippen LogP contribution in [0.3, 0.4) is 0 Å². The number of thiophene rings is 1. The molecule has 0 bridgehead atoms. The van der Waals surface area contributed by atoms with E-state index in [2.05, 4.69) is 59.8 Å². The highest BCUT2D eigenvalue weighted by Crippen LogP contribution is 2.31. The van der Waals surface area contributed by atoms with E-state index in [9.17, 15) is 14.7 Å². The number of carbonyl (C=O) groups is 2. The van der Waals surface area contributed by atoms with Crippen LogP contribution in [0.1, 0.15) is 41.1 Å². The number of nitrogens with one attached hydrogen (secondary N) is 3. The lowest BCUT2D eigenvalue weighted by molar-refractivity contribution is -0.139. The average Bonchev–Trinajstić information content (AvgIpc) is 3.56. The maximum Gasteiger partial charge on any atom is 0.408 e. The van der Waals surface area contributed by atoms with Gasteiger partial charge in [-0.1, -0.05) is 36.4 Å². The minimum atomic E-state index is -1.21. The Balaban J connectivity index is 1.13. The largest absolute Gasteiger partial charge is 0.480 e. The van der Waals surface area contributed by atoms with E-state index in [-0.39, 0.29) is 13.2 Å². The van der Waals surface area contributed by atoms with E-state index >= 15 is 0 Å². The van der Waals surface area contributed by atoms with Gasteiger partial charge in [-0.3, -0.25) is 0 Å². The van der Waals surface area contributed by atoms with Crippen LogP contribution >= 0.6 is 11.3 Å². The second-order valence-corrected chi connectivity index (χ2v) is 11.1. The summed E-state index contributed by atoms with van der Waals surface area (Å²) in [5.74, 6) is 1.37. The predicted molar refractivity (Wildman–Crippen MR) is 167 cm³/mol. The van der Waals surface area contributed by atoms with Gasteiger partial charge in [-0.25, -0.2) is 24.5 Å². The fraction of sp³-hybridized carbons (Fsp3) is 0.323. The first-order valence-electron chi connectivity index (χ1n) is 14.2. The normalized spacial score (nSPS) is 14.1. The Morgan fingerprint density at radius 3 is 2.60 bits per heavy atom. The molecule has 0 aliphatic carbocycles. The van der Waals surface area contributed by atoms with E-state index in [0.29, 0.717) is 11.7 Å². The van der Waals surface area contributed by atoms with Crippen LogP contribution in [0, 0.1) is 6.92 Å². The number of hydrogen-bond donors (Lipinski definition) is 4. The van der Waals surface area contributed by atoms with Crippen molar-refractivity contribution in [3.8, 4) is 0 Å². The van der Waals surface area contributed by atoms with Gasteiger partial charge in [0.15, 0.2) is 0 Å². The molecule has 224 valence electrons. The molecular weight excluding hydrogens is 566 g/mol. The van der Waals surface area contributed by atoms with Crippen LogP contribution < -0.4 is 20.9 Å². The lowest BCUT2D eigenvalue weighted by Crippen LogP contribution is -2.45. The Hall–Kier alpha value is -4.71. The van der Waals surface area contributed by atoms with Gasteiger partial charge in [0, 0.05) is 43.4 Å². The molecule has 3 aromatic heterocycles. The highest BCUT2D eigenvalue weighted by Gasteiger charge is 2.25. The highest BCUT2D eigenvalue weighted by molar-refractivity contribution is 7.07. The molecule has 5 rings (SSSR count). The van der Waals surface area contributed by atoms with Gasteiger partial charge in [-0.2, -0.15) is 11.3 Å². The van der Waals surface area contributed by atoms with E-state index in [4.69, 9.17) is 9.72 Å². The summed E-state index contributed by atoms with van der Waals surface area (Å²) < 4.78 is 5.18. The van der Waals surface area contributed by atoms with Crippen molar-refractivity contribution in [2.24, 2.45) is 0 Å². The van der Waals surface area contributed by atoms with Crippen LogP contribution in [0.5, 0.6) is 0 Å². The fourth-order valence-corrected chi connectivity index (χ4v) is 5.66. The SMILES string of the molecule is Cc1c(NC[C@H](NC(=O)OCc2ccccc2)C(=O)O)ncnc1N1CCC(c2cccc(NCc3ccsc3)n2)CC1. The smallest absolute Gasteiger partial charge is 0.408 e. The minimum absolute atomic E-state index is 0.0471. The topological polar surface area (TPSA) is 142 Å². The third-order valence-corrected chi connectivity index (χ3v) is 8.10. The van der Waals surface area contributed by atoms with Gasteiger partial charge in [0.25, 0.3) is 0 Å². The number of aliphatic carboxylic acids is 1. The van der Waals surface area contributed by atoms with Crippen molar-refractivity contribution in [2.75, 3.05) is 35.2 Å². The second kappa shape index (κ2) is 14.5. The number of benzene rings is 1. The van der Waals surface area contributed by atoms with Crippen molar-refractivity contribution in [2.45, 2.75) is 44.9 Å². The molecule has 1 amide bonds. The quantitative estimate of drug-likeness (QED) is 0.175. The molecule has 11 nitrogen and oxygen atoms in total. The van der Waals surface area contributed by atoms with Crippen LogP contribution in [-0.2, 0) is 22.7 Å². The van der Waals surface area contributed by atoms with Gasteiger partial charge in [0.05, 0.1) is 0 Å². The van der Waals surface area contributed by atoms with E-state index < -0.39 is 18.1 Å². The van der Waals surface area contributed by atoms with Crippen LogP contribution in [0.15, 0.2) is 71.7 Å². The summed E-state index contributed by atoms with van der Waals surface area (Å²) in [6, 6.07) is 16.2. The van der Waals surface area contributed by atoms with Gasteiger partial charge < -0.3 is 30.7 Å². The summed E-state index contributed by atoms with van der Waals surface area (Å²) >= 11 is 1.69. The van der Waals surface area contributed by atoms with Crippen LogP contribution in [0.2, 0.25) is 0 Å². The zero-order chi connectivity index (χ0) is 30.0. The van der Waals surface area contributed by atoms with Gasteiger partial charge in [-0.05, 0) is 59.9 Å². The molecule has 4 heterocycles. The Labute approximate surface area is 254 Å². The fourth-order valence-electron chi connectivity index (χ4n) is 4.99. The number of anilines is 3. The van der Waals surface area contributed by atoms with Crippen molar-refractivity contribution < 1.29 is 19.4 Å². The first-order chi connectivity index (χ1) is 21.0. The molecule has 1 fully saturated rings. The third kappa shape index (κ3) is 8.19. The van der Waals surface area contributed by atoms with Crippen molar-refractivity contribution in [1.29, 1.82) is 0 Å². The number of alkyl carbamates (subject to hydrolysis) is 1. The van der Waals surface area contributed by atoms with Crippen molar-refractivity contribution in [3.05, 3.63) is 94.1 Å². The molecule has 43 heavy (non-hydrogen) atoms. The van der Waals surface area contributed by atoms with Crippen molar-refractivity contribution >= 4 is 40.9 Å². The summed E-state index contributed by atoms with van der Waals surface area (Å²) in [4.78, 5) is 40.0. The average molecular weight is 602 g/mol. The molecule has 1 aliphatic rings. The first kappa shape index (κ1) is 29.8. The number of amides is 1. The number of carboxylic acids is 1. The van der Waals surface area contributed by atoms with Crippen LogP contribution in [0.4, 0.5) is 22.2 Å². The minimum Gasteiger partial charge on any atom is -0.480 e. The van der Waals surface area contributed by atoms with Gasteiger partial charge in [0.2, 0.25) is 0 Å². The van der Waals surface area contributed by atoms with E-state index in [1.807, 2.05) is 43.3 Å². The van der Waals surface area contributed by atoms with Crippen LogP contribution in [0.25, 0.3) is 0 Å². The molecule has 1 atom stereocenters. The standard InChI is InChI=1S/C31H35N7O4S/c1-21-28(33-17-26(30(39)40)37-31(41)42-18-22-6-3-2-4-7-22)34-20-35-29(21)38-13-10-24(11-14-38)25-8-5-9-27(36-25)32-16-23-12-15-43-19-23/h2-9,12,15,19-20,24,26H,10-11,13-14,16-18H2,1H3,(H,32,36)(H,37,41)(H,39,40)(H,33,34,35)/t26-/m0/s1. The molecular formula is C31H35N7O4S. The van der Waals surface area contributed by atoms with E-state index in [0.717, 1.165) is 60.9 Å².